The van der Waals surface area contributed by atoms with Crippen molar-refractivity contribution in [3.63, 3.8) is 0 Å². The zero-order chi connectivity index (χ0) is 23.6. The highest BCUT2D eigenvalue weighted by Gasteiger charge is 2.18. The van der Waals surface area contributed by atoms with E-state index >= 15 is 0 Å². The number of nitrogens with zero attached hydrogens (tertiary/aromatic N) is 2. The number of hydrogen-bond acceptors (Lipinski definition) is 6. The van der Waals surface area contributed by atoms with Gasteiger partial charge >= 0.3 is 5.97 Å². The highest BCUT2D eigenvalue weighted by atomic mass is 35.5. The van der Waals surface area contributed by atoms with Gasteiger partial charge in [0, 0.05) is 17.0 Å². The van der Waals surface area contributed by atoms with E-state index in [-0.39, 0.29) is 34.3 Å². The standard InChI is InChI=1S/C22H17ClN4O5S/c23-14-7-5-13(6-8-14)12-24-33(31,32)15-9-10-18-17(11-15)20(21(28)25-18)27-26-19-4-2-1-3-16(19)22(29)30/h1-11,24-25,28H,12H2,(H,29,30). The topological polar surface area (TPSA) is 144 Å². The molecule has 3 aromatic carbocycles. The van der Waals surface area contributed by atoms with Crippen LogP contribution in [0.1, 0.15) is 15.9 Å². The van der Waals surface area contributed by atoms with Crippen molar-refractivity contribution in [1.29, 1.82) is 0 Å². The van der Waals surface area contributed by atoms with E-state index in [1.165, 1.54) is 30.3 Å². The average molecular weight is 485 g/mol. The Kier molecular flexibility index (Phi) is 6.14. The van der Waals surface area contributed by atoms with Gasteiger partial charge in [-0.25, -0.2) is 17.9 Å². The zero-order valence-electron chi connectivity index (χ0n) is 16.9. The minimum Gasteiger partial charge on any atom is -0.493 e. The van der Waals surface area contributed by atoms with Gasteiger partial charge in [-0.2, -0.15) is 0 Å². The van der Waals surface area contributed by atoms with Crippen LogP contribution in [0.15, 0.2) is 81.9 Å². The summed E-state index contributed by atoms with van der Waals surface area (Å²) in [6.07, 6.45) is 0. The number of nitrogens with one attached hydrogen (secondary N) is 2. The molecule has 0 bridgehead atoms. The number of aromatic carboxylic acids is 1. The molecule has 0 saturated carbocycles. The number of carboxylic acid groups (broad SMARTS) is 1. The number of carboxylic acids is 1. The van der Waals surface area contributed by atoms with E-state index in [9.17, 15) is 23.4 Å². The fourth-order valence-corrected chi connectivity index (χ4v) is 4.29. The summed E-state index contributed by atoms with van der Waals surface area (Å²) >= 11 is 5.85. The predicted molar refractivity (Wildman–Crippen MR) is 123 cm³/mol. The molecule has 33 heavy (non-hydrogen) atoms. The van der Waals surface area contributed by atoms with Gasteiger partial charge in [0.25, 0.3) is 0 Å². The van der Waals surface area contributed by atoms with Crippen molar-refractivity contribution in [3.8, 4) is 5.88 Å². The summed E-state index contributed by atoms with van der Waals surface area (Å²) in [6, 6.07) is 17.0. The molecule has 0 spiro atoms. The Morgan fingerprint density at radius 1 is 1.03 bits per heavy atom. The smallest absolute Gasteiger partial charge is 0.337 e. The van der Waals surface area contributed by atoms with Crippen LogP contribution in [0, 0.1) is 0 Å². The minimum atomic E-state index is -3.88. The van der Waals surface area contributed by atoms with E-state index in [0.29, 0.717) is 15.9 Å². The van der Waals surface area contributed by atoms with Gasteiger partial charge in [-0.15, -0.1) is 10.2 Å². The second-order valence-electron chi connectivity index (χ2n) is 7.00. The Hall–Kier alpha value is -3.73. The van der Waals surface area contributed by atoms with Crippen LogP contribution in [0.25, 0.3) is 10.9 Å². The number of benzene rings is 3. The first-order valence-electron chi connectivity index (χ1n) is 9.57. The highest BCUT2D eigenvalue weighted by Crippen LogP contribution is 2.37. The number of hydrogen-bond donors (Lipinski definition) is 4. The number of azo groups is 1. The van der Waals surface area contributed by atoms with Crippen molar-refractivity contribution in [1.82, 2.24) is 9.71 Å². The summed E-state index contributed by atoms with van der Waals surface area (Å²) in [5.41, 5.74) is 1.18. The van der Waals surface area contributed by atoms with Gasteiger partial charge in [-0.3, -0.25) is 0 Å². The Morgan fingerprint density at radius 3 is 2.48 bits per heavy atom. The maximum atomic E-state index is 12.8. The summed E-state index contributed by atoms with van der Waals surface area (Å²) in [4.78, 5) is 14.0. The molecule has 0 radical (unpaired) electrons. The Morgan fingerprint density at radius 2 is 1.76 bits per heavy atom. The van der Waals surface area contributed by atoms with Gasteiger partial charge in [0.2, 0.25) is 15.9 Å². The number of aromatic amines is 1. The van der Waals surface area contributed by atoms with Crippen LogP contribution in [0.3, 0.4) is 0 Å². The summed E-state index contributed by atoms with van der Waals surface area (Å²) < 4.78 is 28.1. The Bertz CT molecular complexity index is 1480. The van der Waals surface area contributed by atoms with Crippen molar-refractivity contribution < 1.29 is 23.4 Å². The second kappa shape index (κ2) is 9.02. The third-order valence-corrected chi connectivity index (χ3v) is 6.46. The first-order valence-corrected chi connectivity index (χ1v) is 11.4. The number of carbonyl (C=O) groups is 1. The number of aromatic hydroxyl groups is 1. The largest absolute Gasteiger partial charge is 0.493 e. The maximum absolute atomic E-state index is 12.8. The lowest BCUT2D eigenvalue weighted by atomic mass is 10.2. The van der Waals surface area contributed by atoms with E-state index in [0.717, 1.165) is 5.56 Å². The molecule has 0 aliphatic carbocycles. The molecule has 0 aliphatic rings. The molecule has 0 fully saturated rings. The molecule has 1 aromatic heterocycles. The summed E-state index contributed by atoms with van der Waals surface area (Å²) in [7, 11) is -3.88. The second-order valence-corrected chi connectivity index (χ2v) is 9.21. The van der Waals surface area contributed by atoms with E-state index in [1.807, 2.05) is 0 Å². The van der Waals surface area contributed by atoms with E-state index in [1.54, 1.807) is 36.4 Å². The molecule has 1 heterocycles. The number of H-pyrrole nitrogens is 1. The molecule has 168 valence electrons. The summed E-state index contributed by atoms with van der Waals surface area (Å²) in [6.45, 7) is 0.0640. The summed E-state index contributed by atoms with van der Waals surface area (Å²) in [5, 5.41) is 28.3. The molecule has 9 nitrogen and oxygen atoms in total. The lowest BCUT2D eigenvalue weighted by Gasteiger charge is -2.07. The van der Waals surface area contributed by atoms with Gasteiger partial charge in [0.15, 0.2) is 5.69 Å². The van der Waals surface area contributed by atoms with Gasteiger partial charge < -0.3 is 15.2 Å². The van der Waals surface area contributed by atoms with Crippen molar-refractivity contribution >= 4 is 49.9 Å². The van der Waals surface area contributed by atoms with Crippen LogP contribution < -0.4 is 4.72 Å². The first-order chi connectivity index (χ1) is 15.7. The van der Waals surface area contributed by atoms with Crippen LogP contribution in [-0.4, -0.2) is 29.6 Å². The van der Waals surface area contributed by atoms with Crippen molar-refractivity contribution in [2.45, 2.75) is 11.4 Å². The predicted octanol–water partition coefficient (Wildman–Crippen LogP) is 5.12. The van der Waals surface area contributed by atoms with Crippen LogP contribution in [0.5, 0.6) is 5.88 Å². The quantitative estimate of drug-likeness (QED) is 0.269. The molecule has 11 heteroatoms. The third-order valence-electron chi connectivity index (χ3n) is 4.81. The van der Waals surface area contributed by atoms with Crippen LogP contribution in [0.2, 0.25) is 5.02 Å². The number of fused-ring (bicyclic) bond motifs is 1. The van der Waals surface area contributed by atoms with Gasteiger partial charge in [0.05, 0.1) is 16.0 Å². The molecule has 0 saturated heterocycles. The molecular formula is C22H17ClN4O5S. The van der Waals surface area contributed by atoms with Gasteiger partial charge in [0.1, 0.15) is 5.69 Å². The lowest BCUT2D eigenvalue weighted by Crippen LogP contribution is -2.23. The fourth-order valence-electron chi connectivity index (χ4n) is 3.12. The third kappa shape index (κ3) is 4.87. The number of halogens is 1. The zero-order valence-corrected chi connectivity index (χ0v) is 18.4. The number of rotatable bonds is 7. The van der Waals surface area contributed by atoms with Gasteiger partial charge in [-0.05, 0) is 48.0 Å². The average Bonchev–Trinajstić information content (AvgIpc) is 3.11. The molecule has 0 unspecified atom stereocenters. The van der Waals surface area contributed by atoms with E-state index in [4.69, 9.17) is 11.6 Å². The van der Waals surface area contributed by atoms with Crippen LogP contribution in [-0.2, 0) is 16.6 Å². The molecule has 4 aromatic rings. The van der Waals surface area contributed by atoms with Crippen molar-refractivity contribution in [2.75, 3.05) is 0 Å². The van der Waals surface area contributed by atoms with Gasteiger partial charge in [-0.1, -0.05) is 35.9 Å². The Labute approximate surface area is 193 Å². The normalized spacial score (nSPS) is 11.9. The molecule has 4 N–H and O–H groups in total. The van der Waals surface area contributed by atoms with Crippen LogP contribution >= 0.6 is 11.6 Å². The molecule has 0 aliphatic heterocycles. The van der Waals surface area contributed by atoms with E-state index < -0.39 is 16.0 Å². The van der Waals surface area contributed by atoms with Crippen molar-refractivity contribution in [3.05, 3.63) is 82.9 Å². The van der Waals surface area contributed by atoms with Crippen LogP contribution in [0.4, 0.5) is 11.4 Å². The maximum Gasteiger partial charge on any atom is 0.337 e. The molecule has 0 amide bonds. The molecule has 4 rings (SSSR count). The highest BCUT2D eigenvalue weighted by molar-refractivity contribution is 7.89. The van der Waals surface area contributed by atoms with E-state index in [2.05, 4.69) is 19.9 Å². The number of sulfonamides is 1. The minimum absolute atomic E-state index is 0.0139. The Balaban J connectivity index is 1.66. The summed E-state index contributed by atoms with van der Waals surface area (Å²) in [5.74, 6) is -1.50. The molecular weight excluding hydrogens is 468 g/mol. The monoisotopic (exact) mass is 484 g/mol. The lowest BCUT2D eigenvalue weighted by molar-refractivity contribution is 0.0697. The number of aromatic nitrogens is 1. The van der Waals surface area contributed by atoms with Crippen molar-refractivity contribution in [2.24, 2.45) is 10.2 Å². The fraction of sp³-hybridized carbons (Fsp3) is 0.0455. The molecule has 0 atom stereocenters. The SMILES string of the molecule is O=C(O)c1ccccc1N=Nc1c(O)[nH]c2ccc(S(=O)(=O)NCc3ccc(Cl)cc3)cc12. The first kappa shape index (κ1) is 22.5.